The van der Waals surface area contributed by atoms with Crippen molar-refractivity contribution in [3.8, 4) is 0 Å². The Morgan fingerprint density at radius 1 is 1.30 bits per heavy atom. The average Bonchev–Trinajstić information content (AvgIpc) is 2.37. The first-order chi connectivity index (χ1) is 9.45. The summed E-state index contributed by atoms with van der Waals surface area (Å²) in [5.41, 5.74) is 6.58. The van der Waals surface area contributed by atoms with Crippen molar-refractivity contribution in [1.82, 2.24) is 4.90 Å². The molecule has 1 aromatic carbocycles. The molecule has 0 saturated heterocycles. The van der Waals surface area contributed by atoms with Gasteiger partial charge in [0.1, 0.15) is 0 Å². The van der Waals surface area contributed by atoms with Crippen molar-refractivity contribution in [2.45, 2.75) is 20.8 Å². The van der Waals surface area contributed by atoms with Crippen LogP contribution in [0.1, 0.15) is 31.1 Å². The molecular formula is C15H23N3O2. The molecule has 20 heavy (non-hydrogen) atoms. The lowest BCUT2D eigenvalue weighted by Gasteiger charge is -2.24. The number of carbonyl (C=O) groups excluding carboxylic acids is 2. The van der Waals surface area contributed by atoms with Gasteiger partial charge in [-0.1, -0.05) is 26.0 Å². The minimum atomic E-state index is -0.500. The first-order valence-corrected chi connectivity index (χ1v) is 6.86. The molecule has 0 aliphatic carbocycles. The minimum Gasteiger partial charge on any atom is -0.385 e. The first kappa shape index (κ1) is 16.0. The monoisotopic (exact) mass is 277 g/mol. The Morgan fingerprint density at radius 2 is 1.95 bits per heavy atom. The number of rotatable bonds is 7. The summed E-state index contributed by atoms with van der Waals surface area (Å²) in [6.45, 7) is 7.13. The van der Waals surface area contributed by atoms with Crippen molar-refractivity contribution in [2.24, 2.45) is 11.7 Å². The van der Waals surface area contributed by atoms with Crippen LogP contribution in [0.25, 0.3) is 0 Å². The number of primary amides is 1. The summed E-state index contributed by atoms with van der Waals surface area (Å²) in [7, 11) is 0. The third kappa shape index (κ3) is 4.57. The van der Waals surface area contributed by atoms with Crippen LogP contribution < -0.4 is 11.1 Å². The van der Waals surface area contributed by atoms with E-state index < -0.39 is 5.91 Å². The quantitative estimate of drug-likeness (QED) is 0.796. The number of nitrogens with one attached hydrogen (secondary N) is 1. The zero-order chi connectivity index (χ0) is 15.1. The summed E-state index contributed by atoms with van der Waals surface area (Å²) < 4.78 is 0. The third-order valence-electron chi connectivity index (χ3n) is 2.74. The Kier molecular flexibility index (Phi) is 6.03. The molecule has 2 amide bonds. The third-order valence-corrected chi connectivity index (χ3v) is 2.74. The molecule has 0 spiro atoms. The predicted octanol–water partition coefficient (Wildman–Crippen LogP) is 1.70. The van der Waals surface area contributed by atoms with Gasteiger partial charge in [0, 0.05) is 18.8 Å². The number of nitrogens with zero attached hydrogens (tertiary/aromatic N) is 1. The molecule has 0 aliphatic heterocycles. The lowest BCUT2D eigenvalue weighted by molar-refractivity contribution is -0.118. The van der Waals surface area contributed by atoms with Crippen molar-refractivity contribution in [3.63, 3.8) is 0 Å². The van der Waals surface area contributed by atoms with E-state index in [9.17, 15) is 9.59 Å². The number of benzene rings is 1. The van der Waals surface area contributed by atoms with Crippen molar-refractivity contribution >= 4 is 17.5 Å². The summed E-state index contributed by atoms with van der Waals surface area (Å²) in [6, 6.07) is 7.30. The van der Waals surface area contributed by atoms with Crippen LogP contribution in [-0.2, 0) is 4.79 Å². The second-order valence-corrected chi connectivity index (χ2v) is 5.12. The van der Waals surface area contributed by atoms with Gasteiger partial charge < -0.3 is 16.0 Å². The maximum atomic E-state index is 12.6. The Hall–Kier alpha value is -2.04. The summed E-state index contributed by atoms with van der Waals surface area (Å²) in [5, 5.41) is 3.15. The van der Waals surface area contributed by atoms with E-state index >= 15 is 0 Å². The van der Waals surface area contributed by atoms with E-state index in [1.165, 1.54) is 4.90 Å². The normalized spacial score (nSPS) is 10.4. The number of carbonyl (C=O) groups is 2. The number of hydrogen-bond donors (Lipinski definition) is 2. The predicted molar refractivity (Wildman–Crippen MR) is 80.5 cm³/mol. The van der Waals surface area contributed by atoms with E-state index in [2.05, 4.69) is 5.32 Å². The zero-order valence-corrected chi connectivity index (χ0v) is 12.3. The van der Waals surface area contributed by atoms with E-state index in [1.807, 2.05) is 39.0 Å². The lowest BCUT2D eigenvalue weighted by atomic mass is 10.1. The molecule has 1 aromatic rings. The maximum absolute atomic E-state index is 12.6. The molecule has 0 unspecified atom stereocenters. The molecule has 0 aliphatic rings. The lowest BCUT2D eigenvalue weighted by Crippen LogP contribution is -2.40. The number of nitrogens with two attached hydrogens (primary N) is 1. The molecule has 0 atom stereocenters. The van der Waals surface area contributed by atoms with Crippen LogP contribution in [0.5, 0.6) is 0 Å². The molecule has 1 rings (SSSR count). The minimum absolute atomic E-state index is 0.0581. The summed E-state index contributed by atoms with van der Waals surface area (Å²) in [4.78, 5) is 25.2. The molecule has 0 bridgehead atoms. The van der Waals surface area contributed by atoms with Crippen LogP contribution in [-0.4, -0.2) is 36.3 Å². The van der Waals surface area contributed by atoms with Gasteiger partial charge in [-0.05, 0) is 25.0 Å². The molecule has 0 aromatic heterocycles. The molecule has 5 nitrogen and oxygen atoms in total. The van der Waals surface area contributed by atoms with Gasteiger partial charge in [0.2, 0.25) is 5.91 Å². The second-order valence-electron chi connectivity index (χ2n) is 5.12. The van der Waals surface area contributed by atoms with E-state index in [0.717, 1.165) is 12.2 Å². The number of para-hydroxylation sites is 1. The van der Waals surface area contributed by atoms with Crippen molar-refractivity contribution < 1.29 is 9.59 Å². The SMILES string of the molecule is CCNc1ccccc1C(=O)N(CC(N)=O)CC(C)C. The highest BCUT2D eigenvalue weighted by atomic mass is 16.2. The smallest absolute Gasteiger partial charge is 0.256 e. The second kappa shape index (κ2) is 7.53. The number of anilines is 1. The van der Waals surface area contributed by atoms with E-state index in [4.69, 9.17) is 5.73 Å². The summed E-state index contributed by atoms with van der Waals surface area (Å²) >= 11 is 0. The molecule has 0 saturated carbocycles. The van der Waals surface area contributed by atoms with Crippen LogP contribution >= 0.6 is 0 Å². The Labute approximate surface area is 120 Å². The van der Waals surface area contributed by atoms with Crippen LogP contribution in [0.15, 0.2) is 24.3 Å². The Morgan fingerprint density at radius 3 is 2.50 bits per heavy atom. The average molecular weight is 277 g/mol. The van der Waals surface area contributed by atoms with Gasteiger partial charge in [-0.25, -0.2) is 0 Å². The van der Waals surface area contributed by atoms with Crippen LogP contribution in [0, 0.1) is 5.92 Å². The molecule has 0 fully saturated rings. The highest BCUT2D eigenvalue weighted by Crippen LogP contribution is 2.17. The van der Waals surface area contributed by atoms with Gasteiger partial charge in [0.15, 0.2) is 0 Å². The molecule has 5 heteroatoms. The number of hydrogen-bond acceptors (Lipinski definition) is 3. The van der Waals surface area contributed by atoms with E-state index in [0.29, 0.717) is 12.1 Å². The molecular weight excluding hydrogens is 254 g/mol. The van der Waals surface area contributed by atoms with E-state index in [1.54, 1.807) is 6.07 Å². The fraction of sp³-hybridized carbons (Fsp3) is 0.467. The summed E-state index contributed by atoms with van der Waals surface area (Å²) in [6.07, 6.45) is 0. The van der Waals surface area contributed by atoms with E-state index in [-0.39, 0.29) is 18.4 Å². The number of amides is 2. The fourth-order valence-electron chi connectivity index (χ4n) is 2.03. The van der Waals surface area contributed by atoms with Gasteiger partial charge in [-0.15, -0.1) is 0 Å². The van der Waals surface area contributed by atoms with Gasteiger partial charge in [0.25, 0.3) is 5.91 Å². The molecule has 110 valence electrons. The van der Waals surface area contributed by atoms with Crippen molar-refractivity contribution in [1.29, 1.82) is 0 Å². The Balaban J connectivity index is 3.01. The van der Waals surface area contributed by atoms with Gasteiger partial charge in [0.05, 0.1) is 12.1 Å². The largest absolute Gasteiger partial charge is 0.385 e. The molecule has 0 heterocycles. The summed E-state index contributed by atoms with van der Waals surface area (Å²) in [5.74, 6) is -0.404. The van der Waals surface area contributed by atoms with Crippen LogP contribution in [0.3, 0.4) is 0 Å². The molecule has 3 N–H and O–H groups in total. The fourth-order valence-corrected chi connectivity index (χ4v) is 2.03. The van der Waals surface area contributed by atoms with Gasteiger partial charge in [-0.3, -0.25) is 9.59 Å². The maximum Gasteiger partial charge on any atom is 0.256 e. The highest BCUT2D eigenvalue weighted by Gasteiger charge is 2.20. The molecule has 0 radical (unpaired) electrons. The standard InChI is InChI=1S/C15H23N3O2/c1-4-17-13-8-6-5-7-12(13)15(20)18(9-11(2)3)10-14(16)19/h5-8,11,17H,4,9-10H2,1-3H3,(H2,16,19). The topological polar surface area (TPSA) is 75.4 Å². The Bertz CT molecular complexity index is 472. The zero-order valence-electron chi connectivity index (χ0n) is 12.3. The highest BCUT2D eigenvalue weighted by molar-refractivity contribution is 6.01. The van der Waals surface area contributed by atoms with Gasteiger partial charge >= 0.3 is 0 Å². The van der Waals surface area contributed by atoms with Crippen LogP contribution in [0.2, 0.25) is 0 Å². The van der Waals surface area contributed by atoms with Gasteiger partial charge in [-0.2, -0.15) is 0 Å². The van der Waals surface area contributed by atoms with Crippen molar-refractivity contribution in [3.05, 3.63) is 29.8 Å². The first-order valence-electron chi connectivity index (χ1n) is 6.86. The van der Waals surface area contributed by atoms with Crippen molar-refractivity contribution in [2.75, 3.05) is 25.0 Å². The van der Waals surface area contributed by atoms with Crippen LogP contribution in [0.4, 0.5) is 5.69 Å².